The summed E-state index contributed by atoms with van der Waals surface area (Å²) in [5, 5.41) is 8.14. The second kappa shape index (κ2) is 8.65. The van der Waals surface area contributed by atoms with Gasteiger partial charge in [-0.25, -0.2) is 19.7 Å². The Morgan fingerprint density at radius 3 is 2.55 bits per heavy atom. The molecule has 2 aromatic rings. The molecule has 1 aromatic heterocycles. The monoisotopic (exact) mass is 464 g/mol. The third-order valence-corrected chi connectivity index (χ3v) is 5.39. The van der Waals surface area contributed by atoms with Crippen molar-refractivity contribution in [3.63, 3.8) is 0 Å². The fraction of sp³-hybridized carbons (Fsp3) is 0.350. The van der Waals surface area contributed by atoms with Gasteiger partial charge in [-0.15, -0.1) is 13.2 Å². The number of hydrogen-bond acceptors (Lipinski definition) is 8. The summed E-state index contributed by atoms with van der Waals surface area (Å²) in [5.74, 6) is -1.43. The summed E-state index contributed by atoms with van der Waals surface area (Å²) in [6.07, 6.45) is -1.76. The van der Waals surface area contributed by atoms with Gasteiger partial charge in [0.05, 0.1) is 5.56 Å². The molecule has 0 atom stereocenters. The fourth-order valence-electron chi connectivity index (χ4n) is 3.84. The number of halogens is 3. The third kappa shape index (κ3) is 4.72. The minimum atomic E-state index is -4.79. The van der Waals surface area contributed by atoms with Crippen LogP contribution in [0.4, 0.5) is 23.9 Å². The molecule has 1 spiro atoms. The van der Waals surface area contributed by atoms with E-state index in [-0.39, 0.29) is 23.8 Å². The van der Waals surface area contributed by atoms with E-state index in [1.165, 1.54) is 30.6 Å². The average molecular weight is 464 g/mol. The van der Waals surface area contributed by atoms with Crippen LogP contribution in [0.2, 0.25) is 0 Å². The Bertz CT molecular complexity index is 1070. The van der Waals surface area contributed by atoms with Gasteiger partial charge in [0.15, 0.2) is 0 Å². The lowest BCUT2D eigenvalue weighted by molar-refractivity contribution is -0.274. The van der Waals surface area contributed by atoms with Crippen molar-refractivity contribution < 1.29 is 32.3 Å². The van der Waals surface area contributed by atoms with Gasteiger partial charge in [-0.2, -0.15) is 0 Å². The summed E-state index contributed by atoms with van der Waals surface area (Å²) in [7, 11) is 0. The summed E-state index contributed by atoms with van der Waals surface area (Å²) in [6.45, 7) is 1.07. The van der Waals surface area contributed by atoms with E-state index in [4.69, 9.17) is 0 Å². The van der Waals surface area contributed by atoms with Crippen LogP contribution >= 0.6 is 0 Å². The second-order valence-corrected chi connectivity index (χ2v) is 7.53. The van der Waals surface area contributed by atoms with E-state index in [9.17, 15) is 27.6 Å². The Morgan fingerprint density at radius 1 is 1.18 bits per heavy atom. The lowest BCUT2D eigenvalue weighted by Crippen LogP contribution is -2.57. The highest BCUT2D eigenvalue weighted by molar-refractivity contribution is 6.17. The molecule has 2 fully saturated rings. The molecule has 10 nitrogen and oxygen atoms in total. The number of nitrogens with zero attached hydrogens (tertiary/aromatic N) is 3. The minimum Gasteiger partial charge on any atom is -0.406 e. The molecule has 33 heavy (non-hydrogen) atoms. The summed E-state index contributed by atoms with van der Waals surface area (Å²) < 4.78 is 41.0. The van der Waals surface area contributed by atoms with E-state index in [2.05, 4.69) is 30.7 Å². The van der Waals surface area contributed by atoms with Crippen LogP contribution in [0.3, 0.4) is 0 Å². The predicted octanol–water partition coefficient (Wildman–Crippen LogP) is 1.80. The SMILES string of the molecule is O=C1NC(=O)C2(CCNCC2)N1C(=O)c1cnc(NCc2cccc(OC(F)(F)F)c2)nc1. The number of carbonyl (C=O) groups is 3. The number of alkyl halides is 3. The lowest BCUT2D eigenvalue weighted by Gasteiger charge is -2.37. The molecule has 4 amide bonds. The van der Waals surface area contributed by atoms with E-state index in [0.717, 1.165) is 4.90 Å². The van der Waals surface area contributed by atoms with Gasteiger partial charge >= 0.3 is 12.4 Å². The average Bonchev–Trinajstić information content (AvgIpc) is 3.00. The standard InChI is InChI=1S/C20H19F3N6O4/c21-20(22,23)33-14-3-1-2-12(8-14)9-25-17-26-10-13(11-27-17)15(30)29-18(32)28-16(31)19(29)4-6-24-7-5-19/h1-3,8,10-11,24H,4-7,9H2,(H,25,26,27)(H,28,31,32). The molecule has 2 aliphatic rings. The highest BCUT2D eigenvalue weighted by atomic mass is 19.4. The maximum Gasteiger partial charge on any atom is 0.573 e. The Balaban J connectivity index is 1.43. The molecular weight excluding hydrogens is 445 g/mol. The van der Waals surface area contributed by atoms with Crippen molar-refractivity contribution in [2.24, 2.45) is 0 Å². The number of imide groups is 2. The van der Waals surface area contributed by atoms with Gasteiger partial charge in [0.25, 0.3) is 11.8 Å². The van der Waals surface area contributed by atoms with Crippen LogP contribution in [-0.2, 0) is 11.3 Å². The lowest BCUT2D eigenvalue weighted by atomic mass is 9.86. The maximum absolute atomic E-state index is 13.0. The zero-order valence-corrected chi connectivity index (χ0v) is 17.1. The second-order valence-electron chi connectivity index (χ2n) is 7.53. The van der Waals surface area contributed by atoms with Gasteiger partial charge in [0.2, 0.25) is 5.95 Å². The first-order valence-corrected chi connectivity index (χ1v) is 9.99. The summed E-state index contributed by atoms with van der Waals surface area (Å²) >= 11 is 0. The number of amides is 4. The number of urea groups is 1. The quantitative estimate of drug-likeness (QED) is 0.572. The summed E-state index contributed by atoms with van der Waals surface area (Å²) in [6, 6.07) is 4.63. The molecule has 174 valence electrons. The van der Waals surface area contributed by atoms with Crippen molar-refractivity contribution in [1.29, 1.82) is 0 Å². The minimum absolute atomic E-state index is 0.0175. The molecule has 2 saturated heterocycles. The van der Waals surface area contributed by atoms with Crippen molar-refractivity contribution in [3.8, 4) is 5.75 Å². The Hall–Kier alpha value is -3.74. The molecule has 3 heterocycles. The van der Waals surface area contributed by atoms with Crippen molar-refractivity contribution in [3.05, 3.63) is 47.8 Å². The molecule has 0 saturated carbocycles. The molecule has 1 aromatic carbocycles. The normalized spacial score (nSPS) is 17.7. The topological polar surface area (TPSA) is 126 Å². The number of rotatable bonds is 5. The fourth-order valence-corrected chi connectivity index (χ4v) is 3.84. The molecule has 2 aliphatic heterocycles. The smallest absolute Gasteiger partial charge is 0.406 e. The van der Waals surface area contributed by atoms with Crippen LogP contribution in [0.15, 0.2) is 36.7 Å². The van der Waals surface area contributed by atoms with Crippen molar-refractivity contribution in [2.75, 3.05) is 18.4 Å². The summed E-state index contributed by atoms with van der Waals surface area (Å²) in [4.78, 5) is 46.8. The number of aromatic nitrogens is 2. The van der Waals surface area contributed by atoms with Crippen LogP contribution in [0.5, 0.6) is 5.75 Å². The number of piperidine rings is 1. The molecule has 0 unspecified atom stereocenters. The first-order chi connectivity index (χ1) is 15.7. The Labute approximate surface area is 185 Å². The van der Waals surface area contributed by atoms with Crippen molar-refractivity contribution >= 4 is 23.8 Å². The number of benzene rings is 1. The number of carbonyl (C=O) groups excluding carboxylic acids is 3. The van der Waals surface area contributed by atoms with E-state index < -0.39 is 29.7 Å². The van der Waals surface area contributed by atoms with Gasteiger partial charge in [0.1, 0.15) is 11.3 Å². The van der Waals surface area contributed by atoms with Crippen molar-refractivity contribution in [2.45, 2.75) is 31.3 Å². The first-order valence-electron chi connectivity index (χ1n) is 9.99. The van der Waals surface area contributed by atoms with Crippen LogP contribution in [0.25, 0.3) is 0 Å². The van der Waals surface area contributed by atoms with Gasteiger partial charge in [-0.3, -0.25) is 14.9 Å². The van der Waals surface area contributed by atoms with Crippen molar-refractivity contribution in [1.82, 2.24) is 25.5 Å². The molecule has 3 N–H and O–H groups in total. The molecule has 0 aliphatic carbocycles. The number of hydrogen-bond donors (Lipinski definition) is 3. The zero-order chi connectivity index (χ0) is 23.6. The highest BCUT2D eigenvalue weighted by Crippen LogP contribution is 2.32. The maximum atomic E-state index is 13.0. The Morgan fingerprint density at radius 2 is 1.88 bits per heavy atom. The van der Waals surface area contributed by atoms with Crippen LogP contribution in [-0.4, -0.2) is 57.7 Å². The van der Waals surface area contributed by atoms with Gasteiger partial charge in [-0.1, -0.05) is 12.1 Å². The number of ether oxygens (including phenoxy) is 1. The highest BCUT2D eigenvalue weighted by Gasteiger charge is 2.56. The van der Waals surface area contributed by atoms with Crippen LogP contribution < -0.4 is 20.7 Å². The van der Waals surface area contributed by atoms with E-state index in [1.54, 1.807) is 6.07 Å². The zero-order valence-electron chi connectivity index (χ0n) is 17.1. The van der Waals surface area contributed by atoms with E-state index >= 15 is 0 Å². The van der Waals surface area contributed by atoms with Crippen LogP contribution in [0.1, 0.15) is 28.8 Å². The molecule has 0 radical (unpaired) electrons. The molecule has 4 rings (SSSR count). The molecule has 13 heteroatoms. The first kappa shape index (κ1) is 22.5. The van der Waals surface area contributed by atoms with Gasteiger partial charge in [-0.05, 0) is 43.6 Å². The van der Waals surface area contributed by atoms with Crippen LogP contribution in [0, 0.1) is 0 Å². The van der Waals surface area contributed by atoms with Gasteiger partial charge in [0, 0.05) is 18.9 Å². The predicted molar refractivity (Wildman–Crippen MR) is 107 cm³/mol. The Kier molecular flexibility index (Phi) is 5.89. The largest absolute Gasteiger partial charge is 0.573 e. The van der Waals surface area contributed by atoms with E-state index in [1.807, 2.05) is 0 Å². The third-order valence-electron chi connectivity index (χ3n) is 5.39. The summed E-state index contributed by atoms with van der Waals surface area (Å²) in [5.41, 5.74) is -0.732. The molecule has 0 bridgehead atoms. The van der Waals surface area contributed by atoms with E-state index in [0.29, 0.717) is 31.5 Å². The molecular formula is C20H19F3N6O4. The number of nitrogens with one attached hydrogen (secondary N) is 3. The van der Waals surface area contributed by atoms with Gasteiger partial charge < -0.3 is 15.4 Å². The number of anilines is 1.